The number of allylic oxidation sites excluding steroid dienone is 1. The summed E-state index contributed by atoms with van der Waals surface area (Å²) in [5, 5.41) is 0. The van der Waals surface area contributed by atoms with E-state index in [0.717, 1.165) is 6.42 Å². The van der Waals surface area contributed by atoms with Gasteiger partial charge in [-0.3, -0.25) is 4.79 Å². The number of carbonyl (C=O) groups excluding carboxylic acids is 1. The van der Waals surface area contributed by atoms with Crippen molar-refractivity contribution in [2.75, 3.05) is 0 Å². The molecule has 3 atom stereocenters. The van der Waals surface area contributed by atoms with Crippen molar-refractivity contribution in [3.63, 3.8) is 0 Å². The Labute approximate surface area is 91.7 Å². The van der Waals surface area contributed by atoms with Crippen LogP contribution in [-0.2, 0) is 9.53 Å². The van der Waals surface area contributed by atoms with Gasteiger partial charge in [0, 0.05) is 5.92 Å². The van der Waals surface area contributed by atoms with E-state index in [9.17, 15) is 4.79 Å². The molecule has 0 aromatic rings. The van der Waals surface area contributed by atoms with Gasteiger partial charge in [-0.1, -0.05) is 25.5 Å². The van der Waals surface area contributed by atoms with Crippen molar-refractivity contribution in [3.05, 3.63) is 11.6 Å². The number of Topliss-reactive ketones (excluding diaryl/α,β-unsaturated/α-hetero) is 1. The summed E-state index contributed by atoms with van der Waals surface area (Å²) in [6.45, 7) is 8.37. The van der Waals surface area contributed by atoms with E-state index in [2.05, 4.69) is 26.8 Å². The van der Waals surface area contributed by atoms with Crippen LogP contribution in [-0.4, -0.2) is 18.0 Å². The summed E-state index contributed by atoms with van der Waals surface area (Å²) in [7, 11) is 0. The third kappa shape index (κ3) is 1.87. The Kier molecular flexibility index (Phi) is 2.50. The summed E-state index contributed by atoms with van der Waals surface area (Å²) in [5.41, 5.74) is 1.67. The Morgan fingerprint density at radius 3 is 2.67 bits per heavy atom. The highest BCUT2D eigenvalue weighted by Gasteiger charge is 2.53. The molecule has 1 fully saturated rings. The second-order valence-corrected chi connectivity index (χ2v) is 5.59. The van der Waals surface area contributed by atoms with E-state index >= 15 is 0 Å². The van der Waals surface area contributed by atoms with E-state index in [4.69, 9.17) is 4.74 Å². The van der Waals surface area contributed by atoms with Crippen molar-refractivity contribution in [1.29, 1.82) is 0 Å². The van der Waals surface area contributed by atoms with Gasteiger partial charge < -0.3 is 4.74 Å². The molecule has 0 aromatic heterocycles. The van der Waals surface area contributed by atoms with E-state index in [-0.39, 0.29) is 23.4 Å². The summed E-state index contributed by atoms with van der Waals surface area (Å²) >= 11 is 0. The van der Waals surface area contributed by atoms with Gasteiger partial charge in [0.1, 0.15) is 6.10 Å². The molecule has 0 saturated carbocycles. The molecule has 0 amide bonds. The predicted octanol–water partition coefficient (Wildman–Crippen LogP) is 2.73. The third-order valence-electron chi connectivity index (χ3n) is 3.84. The van der Waals surface area contributed by atoms with Gasteiger partial charge in [-0.05, 0) is 32.1 Å². The zero-order chi connectivity index (χ0) is 11.2. The van der Waals surface area contributed by atoms with Crippen molar-refractivity contribution in [1.82, 2.24) is 0 Å². The van der Waals surface area contributed by atoms with Gasteiger partial charge in [-0.25, -0.2) is 0 Å². The molecule has 0 N–H and O–H groups in total. The molecule has 0 aromatic carbocycles. The number of hydrogen-bond donors (Lipinski definition) is 0. The quantitative estimate of drug-likeness (QED) is 0.516. The van der Waals surface area contributed by atoms with Crippen LogP contribution in [0.2, 0.25) is 0 Å². The number of epoxide rings is 1. The average molecular weight is 208 g/mol. The normalized spacial score (nSPS) is 38.4. The van der Waals surface area contributed by atoms with Crippen LogP contribution >= 0.6 is 0 Å². The monoisotopic (exact) mass is 208 g/mol. The van der Waals surface area contributed by atoms with Crippen molar-refractivity contribution in [2.24, 2.45) is 11.3 Å². The van der Waals surface area contributed by atoms with Crippen molar-refractivity contribution in [2.45, 2.75) is 52.7 Å². The molecule has 1 heterocycles. The standard InChI is InChI=1S/C13H20O2/c1-8-6-5-7-13(3,4)10(8)12-11(15-12)9(2)14/h6,10-12H,5,7H2,1-4H3. The number of ether oxygens (including phenoxy) is 1. The van der Waals surface area contributed by atoms with Crippen LogP contribution in [0, 0.1) is 11.3 Å². The van der Waals surface area contributed by atoms with Crippen LogP contribution in [0.25, 0.3) is 0 Å². The molecule has 2 rings (SSSR count). The minimum absolute atomic E-state index is 0.129. The van der Waals surface area contributed by atoms with Gasteiger partial charge in [-0.2, -0.15) is 0 Å². The Hall–Kier alpha value is -0.630. The smallest absolute Gasteiger partial charge is 0.161 e. The Balaban J connectivity index is 2.16. The van der Waals surface area contributed by atoms with Crippen LogP contribution in [0.1, 0.15) is 40.5 Å². The zero-order valence-corrected chi connectivity index (χ0v) is 10.0. The highest BCUT2D eigenvalue weighted by Crippen LogP contribution is 2.49. The summed E-state index contributed by atoms with van der Waals surface area (Å²) in [6, 6.07) is 0. The first-order valence-electron chi connectivity index (χ1n) is 5.76. The lowest BCUT2D eigenvalue weighted by atomic mass is 9.66. The van der Waals surface area contributed by atoms with Crippen molar-refractivity contribution >= 4 is 5.78 Å². The average Bonchev–Trinajstić information content (AvgIpc) is 2.81. The van der Waals surface area contributed by atoms with Gasteiger partial charge >= 0.3 is 0 Å². The molecular weight excluding hydrogens is 188 g/mol. The minimum Gasteiger partial charge on any atom is -0.361 e. The largest absolute Gasteiger partial charge is 0.361 e. The first kappa shape index (κ1) is 10.9. The van der Waals surface area contributed by atoms with E-state index in [0.29, 0.717) is 5.92 Å². The fourth-order valence-electron chi connectivity index (χ4n) is 2.98. The van der Waals surface area contributed by atoms with Crippen LogP contribution in [0.3, 0.4) is 0 Å². The molecule has 2 aliphatic rings. The van der Waals surface area contributed by atoms with E-state index in [1.807, 2.05) is 0 Å². The first-order chi connectivity index (χ1) is 6.93. The molecule has 1 saturated heterocycles. The molecule has 84 valence electrons. The van der Waals surface area contributed by atoms with Gasteiger partial charge in [0.2, 0.25) is 0 Å². The number of rotatable bonds is 2. The van der Waals surface area contributed by atoms with Crippen molar-refractivity contribution in [3.8, 4) is 0 Å². The molecule has 1 aliphatic carbocycles. The number of hydrogen-bond acceptors (Lipinski definition) is 2. The van der Waals surface area contributed by atoms with Crippen LogP contribution in [0.15, 0.2) is 11.6 Å². The molecule has 2 nitrogen and oxygen atoms in total. The maximum atomic E-state index is 11.2. The second-order valence-electron chi connectivity index (χ2n) is 5.59. The highest BCUT2D eigenvalue weighted by atomic mass is 16.6. The Bertz CT molecular complexity index is 314. The van der Waals surface area contributed by atoms with Gasteiger partial charge in [0.25, 0.3) is 0 Å². The summed E-state index contributed by atoms with van der Waals surface area (Å²) < 4.78 is 5.53. The van der Waals surface area contributed by atoms with Crippen LogP contribution in [0.4, 0.5) is 0 Å². The molecule has 3 unspecified atom stereocenters. The van der Waals surface area contributed by atoms with Crippen LogP contribution in [0.5, 0.6) is 0 Å². The van der Waals surface area contributed by atoms with E-state index in [1.165, 1.54) is 12.0 Å². The lowest BCUT2D eigenvalue weighted by Crippen LogP contribution is -2.33. The molecule has 0 bridgehead atoms. The molecule has 0 spiro atoms. The minimum atomic E-state index is -0.129. The van der Waals surface area contributed by atoms with E-state index < -0.39 is 0 Å². The Morgan fingerprint density at radius 2 is 2.20 bits per heavy atom. The maximum Gasteiger partial charge on any atom is 0.161 e. The Morgan fingerprint density at radius 1 is 1.53 bits per heavy atom. The molecule has 2 heteroatoms. The lowest BCUT2D eigenvalue weighted by Gasteiger charge is -2.37. The second kappa shape index (κ2) is 3.44. The summed E-state index contributed by atoms with van der Waals surface area (Å²) in [4.78, 5) is 11.2. The third-order valence-corrected chi connectivity index (χ3v) is 3.84. The van der Waals surface area contributed by atoms with Crippen LogP contribution < -0.4 is 0 Å². The first-order valence-corrected chi connectivity index (χ1v) is 5.76. The highest BCUT2D eigenvalue weighted by molar-refractivity contribution is 5.83. The summed E-state index contributed by atoms with van der Waals surface area (Å²) in [6.07, 6.45) is 4.67. The number of carbonyl (C=O) groups is 1. The fourth-order valence-corrected chi connectivity index (χ4v) is 2.98. The molecule has 0 radical (unpaired) electrons. The fraction of sp³-hybridized carbons (Fsp3) is 0.769. The van der Waals surface area contributed by atoms with Gasteiger partial charge in [-0.15, -0.1) is 0 Å². The topological polar surface area (TPSA) is 29.6 Å². The molecule has 15 heavy (non-hydrogen) atoms. The predicted molar refractivity (Wildman–Crippen MR) is 59.6 cm³/mol. The molecule has 1 aliphatic heterocycles. The van der Waals surface area contributed by atoms with Gasteiger partial charge in [0.15, 0.2) is 5.78 Å². The molecular formula is C13H20O2. The van der Waals surface area contributed by atoms with E-state index in [1.54, 1.807) is 6.92 Å². The number of ketones is 1. The maximum absolute atomic E-state index is 11.2. The zero-order valence-electron chi connectivity index (χ0n) is 10.0. The summed E-state index contributed by atoms with van der Waals surface area (Å²) in [5.74, 6) is 0.606. The van der Waals surface area contributed by atoms with Gasteiger partial charge in [0.05, 0.1) is 6.10 Å². The van der Waals surface area contributed by atoms with Crippen molar-refractivity contribution < 1.29 is 9.53 Å². The SMILES string of the molecule is CC(=O)C1OC1C1C(C)=CCCC1(C)C. The lowest BCUT2D eigenvalue weighted by molar-refractivity contribution is -0.118.